The van der Waals surface area contributed by atoms with E-state index in [2.05, 4.69) is 18.9 Å². The first-order valence-electron chi connectivity index (χ1n) is 9.01. The van der Waals surface area contributed by atoms with Gasteiger partial charge in [-0.1, -0.05) is 35.4 Å². The summed E-state index contributed by atoms with van der Waals surface area (Å²) < 4.78 is 86.0. The average molecular weight is 497 g/mol. The second kappa shape index (κ2) is 10.8. The number of methoxy groups -OCH3 is 1. The van der Waals surface area contributed by atoms with Crippen LogP contribution >= 0.6 is 0 Å². The van der Waals surface area contributed by atoms with Crippen LogP contribution in [-0.2, 0) is 49.4 Å². The van der Waals surface area contributed by atoms with E-state index < -0.39 is 58.2 Å². The van der Waals surface area contributed by atoms with Gasteiger partial charge in [-0.2, -0.15) is 21.6 Å². The number of azide groups is 1. The molecule has 1 aliphatic rings. The summed E-state index contributed by atoms with van der Waals surface area (Å²) >= 11 is 0. The highest BCUT2D eigenvalue weighted by molar-refractivity contribution is 7.87. The normalized spacial score (nSPS) is 25.5. The van der Waals surface area contributed by atoms with Crippen molar-refractivity contribution in [2.45, 2.75) is 49.7 Å². The lowest BCUT2D eigenvalue weighted by molar-refractivity contribution is -0.253. The highest BCUT2D eigenvalue weighted by Crippen LogP contribution is 2.34. The van der Waals surface area contributed by atoms with Crippen LogP contribution in [0, 0.1) is 0 Å². The molecular weight excluding hydrogens is 479 g/mol. The first-order chi connectivity index (χ1) is 15.4. The third kappa shape index (κ3) is 6.55. The number of halogens is 3. The van der Waals surface area contributed by atoms with Gasteiger partial charge in [-0.15, -0.1) is 0 Å². The molecule has 1 aromatic rings. The van der Waals surface area contributed by atoms with Crippen LogP contribution < -0.4 is 0 Å². The van der Waals surface area contributed by atoms with Crippen molar-refractivity contribution in [1.82, 2.24) is 0 Å². The van der Waals surface area contributed by atoms with E-state index in [-0.39, 0.29) is 6.61 Å². The molecule has 1 saturated heterocycles. The molecule has 0 radical (unpaired) electrons. The SMILES string of the molecule is COC(=O)[C@H]1O[C@@H](OS(=O)(=O)C(F)(F)F)[C@H](N=[N+]=[N-])[C@@H](OCc2ccccc2)[C@@H]1OC(C)=O. The van der Waals surface area contributed by atoms with Crippen LogP contribution in [0.15, 0.2) is 35.4 Å². The Kier molecular flexibility index (Phi) is 8.63. The van der Waals surface area contributed by atoms with Gasteiger partial charge in [0.1, 0.15) is 12.1 Å². The van der Waals surface area contributed by atoms with Gasteiger partial charge in [-0.3, -0.25) is 4.79 Å². The Morgan fingerprint density at radius 3 is 2.36 bits per heavy atom. The summed E-state index contributed by atoms with van der Waals surface area (Å²) in [6.07, 6.45) is -7.80. The predicted molar refractivity (Wildman–Crippen MR) is 100 cm³/mol. The van der Waals surface area contributed by atoms with Crippen molar-refractivity contribution in [2.24, 2.45) is 5.11 Å². The molecular formula is C17H18F3N3O9S. The molecule has 1 aromatic carbocycles. The number of rotatable bonds is 8. The Morgan fingerprint density at radius 1 is 1.21 bits per heavy atom. The van der Waals surface area contributed by atoms with Crippen molar-refractivity contribution in [3.8, 4) is 0 Å². The maximum atomic E-state index is 12.9. The van der Waals surface area contributed by atoms with Gasteiger partial charge in [-0.05, 0) is 11.1 Å². The quantitative estimate of drug-likeness (QED) is 0.130. The Labute approximate surface area is 185 Å². The molecule has 16 heteroatoms. The van der Waals surface area contributed by atoms with Crippen molar-refractivity contribution in [3.05, 3.63) is 46.3 Å². The van der Waals surface area contributed by atoms with E-state index in [4.69, 9.17) is 19.7 Å². The fourth-order valence-electron chi connectivity index (χ4n) is 2.85. The van der Waals surface area contributed by atoms with E-state index >= 15 is 0 Å². The number of benzene rings is 1. The van der Waals surface area contributed by atoms with E-state index in [1.807, 2.05) is 0 Å². The number of ether oxygens (including phenoxy) is 4. The van der Waals surface area contributed by atoms with Gasteiger partial charge in [0.25, 0.3) is 0 Å². The molecule has 0 aliphatic carbocycles. The van der Waals surface area contributed by atoms with Crippen LogP contribution in [0.2, 0.25) is 0 Å². The zero-order chi connectivity index (χ0) is 24.8. The summed E-state index contributed by atoms with van der Waals surface area (Å²) in [4.78, 5) is 26.3. The van der Waals surface area contributed by atoms with Gasteiger partial charge in [0.05, 0.1) is 13.7 Å². The maximum Gasteiger partial charge on any atom is 0.523 e. The molecule has 0 saturated carbocycles. The van der Waals surface area contributed by atoms with Crippen LogP contribution in [0.4, 0.5) is 13.2 Å². The fourth-order valence-corrected chi connectivity index (χ4v) is 3.37. The smallest absolute Gasteiger partial charge is 0.467 e. The largest absolute Gasteiger partial charge is 0.523 e. The third-order valence-corrected chi connectivity index (χ3v) is 5.24. The van der Waals surface area contributed by atoms with Crippen LogP contribution in [0.1, 0.15) is 12.5 Å². The van der Waals surface area contributed by atoms with Crippen molar-refractivity contribution in [3.63, 3.8) is 0 Å². The molecule has 1 fully saturated rings. The van der Waals surface area contributed by atoms with Crippen molar-refractivity contribution in [2.75, 3.05) is 7.11 Å². The number of carbonyl (C=O) groups excluding carboxylic acids is 2. The lowest BCUT2D eigenvalue weighted by Crippen LogP contribution is -2.62. The molecule has 1 aliphatic heterocycles. The zero-order valence-electron chi connectivity index (χ0n) is 17.0. The predicted octanol–water partition coefficient (Wildman–Crippen LogP) is 1.95. The van der Waals surface area contributed by atoms with Gasteiger partial charge >= 0.3 is 27.6 Å². The summed E-state index contributed by atoms with van der Waals surface area (Å²) in [7, 11) is -5.36. The number of nitrogens with zero attached hydrogens (tertiary/aromatic N) is 3. The van der Waals surface area contributed by atoms with Crippen LogP contribution in [0.25, 0.3) is 10.4 Å². The molecule has 0 aromatic heterocycles. The summed E-state index contributed by atoms with van der Waals surface area (Å²) in [6, 6.07) is 6.29. The minimum absolute atomic E-state index is 0.257. The van der Waals surface area contributed by atoms with Gasteiger partial charge in [0.15, 0.2) is 18.5 Å². The standard InChI is InChI=1S/C17H18F3N3O9S/c1-9(24)30-13-12(29-8-10-6-4-3-5-7-10)11(22-23-21)16(31-14(13)15(25)28-2)32-33(26,27)17(18,19)20/h3-7,11-14,16H,8H2,1-2H3/t11-,12-,13+,14+,16+/m1/s1. The van der Waals surface area contributed by atoms with Crippen LogP contribution in [-0.4, -0.2) is 63.6 Å². The number of alkyl halides is 3. The Balaban J connectivity index is 2.52. The monoisotopic (exact) mass is 497 g/mol. The van der Waals surface area contributed by atoms with Gasteiger partial charge in [0, 0.05) is 11.8 Å². The molecule has 1 heterocycles. The lowest BCUT2D eigenvalue weighted by atomic mass is 9.96. The van der Waals surface area contributed by atoms with E-state index in [1.165, 1.54) is 0 Å². The van der Waals surface area contributed by atoms with Gasteiger partial charge < -0.3 is 18.9 Å². The Hall–Kier alpha value is -2.91. The van der Waals surface area contributed by atoms with Gasteiger partial charge in [0.2, 0.25) is 0 Å². The summed E-state index contributed by atoms with van der Waals surface area (Å²) in [5, 5.41) is 3.23. The number of hydrogen-bond donors (Lipinski definition) is 0. The second-order valence-electron chi connectivity index (χ2n) is 6.48. The number of esters is 2. The zero-order valence-corrected chi connectivity index (χ0v) is 17.9. The number of hydrogen-bond acceptors (Lipinski definition) is 10. The molecule has 182 valence electrons. The highest BCUT2D eigenvalue weighted by Gasteiger charge is 2.56. The summed E-state index contributed by atoms with van der Waals surface area (Å²) in [5.41, 5.74) is 3.59. The first kappa shape index (κ1) is 26.3. The van der Waals surface area contributed by atoms with Crippen molar-refractivity contribution >= 4 is 22.1 Å². The summed E-state index contributed by atoms with van der Waals surface area (Å²) in [6.45, 7) is 0.704. The van der Waals surface area contributed by atoms with Crippen LogP contribution in [0.5, 0.6) is 0 Å². The van der Waals surface area contributed by atoms with Crippen molar-refractivity contribution < 1.29 is 54.3 Å². The topological polar surface area (TPSA) is 163 Å². The molecule has 33 heavy (non-hydrogen) atoms. The molecule has 12 nitrogen and oxygen atoms in total. The highest BCUT2D eigenvalue weighted by atomic mass is 32.2. The Morgan fingerprint density at radius 2 is 1.85 bits per heavy atom. The van der Waals surface area contributed by atoms with Crippen molar-refractivity contribution in [1.29, 1.82) is 0 Å². The first-order valence-corrected chi connectivity index (χ1v) is 10.4. The molecule has 0 bridgehead atoms. The molecule has 0 spiro atoms. The third-order valence-electron chi connectivity index (χ3n) is 4.23. The molecule has 2 rings (SSSR count). The molecule has 0 N–H and O–H groups in total. The molecule has 5 atom stereocenters. The van der Waals surface area contributed by atoms with Gasteiger partial charge in [-0.25, -0.2) is 8.98 Å². The maximum absolute atomic E-state index is 12.9. The van der Waals surface area contributed by atoms with E-state index in [0.29, 0.717) is 5.56 Å². The van der Waals surface area contributed by atoms with E-state index in [1.54, 1.807) is 30.3 Å². The summed E-state index contributed by atoms with van der Waals surface area (Å²) in [5.74, 6) is -2.19. The minimum atomic E-state index is -6.26. The van der Waals surface area contributed by atoms with E-state index in [0.717, 1.165) is 14.0 Å². The Bertz CT molecular complexity index is 1000. The minimum Gasteiger partial charge on any atom is -0.467 e. The average Bonchev–Trinajstić information content (AvgIpc) is 2.73. The van der Waals surface area contributed by atoms with Crippen LogP contribution in [0.3, 0.4) is 0 Å². The van der Waals surface area contributed by atoms with E-state index in [9.17, 15) is 31.2 Å². The molecule has 0 unspecified atom stereocenters. The molecule has 0 amide bonds. The number of carbonyl (C=O) groups is 2. The fraction of sp³-hybridized carbons (Fsp3) is 0.529. The lowest BCUT2D eigenvalue weighted by Gasteiger charge is -2.42. The second-order valence-corrected chi connectivity index (χ2v) is 8.04.